The molecule has 42 heavy (non-hydrogen) atoms. The molecule has 3 heterocycles. The number of aliphatic hydroxyl groups is 1. The van der Waals surface area contributed by atoms with Crippen LogP contribution in [0, 0.1) is 29.3 Å². The normalized spacial score (nSPS) is 26.2. The summed E-state index contributed by atoms with van der Waals surface area (Å²) in [5.41, 5.74) is 0.379. The van der Waals surface area contributed by atoms with Crippen molar-refractivity contribution in [3.63, 3.8) is 0 Å². The molecule has 2 aromatic rings. The molecule has 2 aromatic carbocycles. The van der Waals surface area contributed by atoms with Gasteiger partial charge in [-0.3, -0.25) is 19.3 Å². The standard InChI is InChI=1S/C29H28F3N3O6S/c1-13-24-23(14(2)37)28(39)35(24)25(29(40)41)26(13)42-18-8-22(27(38)33-17-5-3-4-15(6-17)12-36)34(11-18)10-16-7-20(31)21(32)9-19(16)30/h3-7,9,12-14,18,22-24,37H,8,10-11H2,1-2H3,(H,33,38)(H,40,41)/t13-,14-,18+,22+,23-,24-/m1/s1. The van der Waals surface area contributed by atoms with Gasteiger partial charge in [0.2, 0.25) is 11.8 Å². The van der Waals surface area contributed by atoms with Gasteiger partial charge in [-0.2, -0.15) is 0 Å². The fourth-order valence-electron chi connectivity index (χ4n) is 6.07. The Bertz CT molecular complexity index is 1500. The van der Waals surface area contributed by atoms with Crippen LogP contribution in [-0.2, 0) is 20.9 Å². The lowest BCUT2D eigenvalue weighted by molar-refractivity contribution is -0.163. The molecule has 222 valence electrons. The number of carboxylic acids is 1. The number of carbonyl (C=O) groups is 4. The van der Waals surface area contributed by atoms with Crippen molar-refractivity contribution in [2.45, 2.75) is 50.3 Å². The van der Waals surface area contributed by atoms with Gasteiger partial charge in [-0.25, -0.2) is 18.0 Å². The number of nitrogens with zero attached hydrogens (tertiary/aromatic N) is 2. The van der Waals surface area contributed by atoms with Crippen LogP contribution in [0.3, 0.4) is 0 Å². The highest BCUT2D eigenvalue weighted by Crippen LogP contribution is 2.52. The van der Waals surface area contributed by atoms with Crippen LogP contribution in [0.25, 0.3) is 0 Å². The summed E-state index contributed by atoms with van der Waals surface area (Å²) in [6.45, 7) is 3.20. The molecule has 6 atom stereocenters. The van der Waals surface area contributed by atoms with Crippen LogP contribution in [0.2, 0.25) is 0 Å². The Morgan fingerprint density at radius 3 is 2.55 bits per heavy atom. The Morgan fingerprint density at radius 1 is 1.17 bits per heavy atom. The third-order valence-electron chi connectivity index (χ3n) is 8.03. The van der Waals surface area contributed by atoms with Crippen LogP contribution < -0.4 is 5.32 Å². The van der Waals surface area contributed by atoms with Gasteiger partial charge in [0.05, 0.1) is 24.1 Å². The number of amides is 2. The maximum Gasteiger partial charge on any atom is 0.353 e. The minimum Gasteiger partial charge on any atom is -0.477 e. The van der Waals surface area contributed by atoms with E-state index in [1.807, 2.05) is 0 Å². The van der Waals surface area contributed by atoms with Crippen molar-refractivity contribution in [2.24, 2.45) is 11.8 Å². The van der Waals surface area contributed by atoms with Gasteiger partial charge in [0.15, 0.2) is 11.6 Å². The van der Waals surface area contributed by atoms with Crippen LogP contribution in [0.5, 0.6) is 0 Å². The Labute approximate surface area is 243 Å². The lowest BCUT2D eigenvalue weighted by Crippen LogP contribution is -2.63. The molecular formula is C29H28F3N3O6S. The first kappa shape index (κ1) is 29.8. The average Bonchev–Trinajstić information content (AvgIpc) is 3.43. The maximum atomic E-state index is 14.6. The minimum atomic E-state index is -1.34. The zero-order valence-electron chi connectivity index (χ0n) is 22.6. The first-order valence-corrected chi connectivity index (χ1v) is 14.2. The quantitative estimate of drug-likeness (QED) is 0.226. The van der Waals surface area contributed by atoms with E-state index in [-0.39, 0.29) is 36.0 Å². The number of fused-ring (bicyclic) bond motifs is 1. The number of rotatable bonds is 9. The summed E-state index contributed by atoms with van der Waals surface area (Å²) in [4.78, 5) is 52.8. The summed E-state index contributed by atoms with van der Waals surface area (Å²) >= 11 is 1.21. The number of halogens is 3. The summed E-state index contributed by atoms with van der Waals surface area (Å²) in [6, 6.07) is 6.03. The van der Waals surface area contributed by atoms with E-state index in [9.17, 15) is 42.6 Å². The van der Waals surface area contributed by atoms with Gasteiger partial charge in [0.1, 0.15) is 17.8 Å². The number of hydrogen-bond acceptors (Lipinski definition) is 7. The summed E-state index contributed by atoms with van der Waals surface area (Å²) in [6.07, 6.45) is -0.140. The van der Waals surface area contributed by atoms with Gasteiger partial charge in [0, 0.05) is 52.0 Å². The third kappa shape index (κ3) is 5.32. The van der Waals surface area contributed by atoms with Crippen LogP contribution in [0.1, 0.15) is 36.2 Å². The van der Waals surface area contributed by atoms with Crippen molar-refractivity contribution >= 4 is 41.5 Å². The second kappa shape index (κ2) is 11.5. The first-order valence-electron chi connectivity index (χ1n) is 13.3. The monoisotopic (exact) mass is 603 g/mol. The van der Waals surface area contributed by atoms with Crippen molar-refractivity contribution < 1.29 is 42.6 Å². The van der Waals surface area contributed by atoms with Gasteiger partial charge in [-0.1, -0.05) is 19.1 Å². The highest BCUT2D eigenvalue weighted by molar-refractivity contribution is 8.03. The smallest absolute Gasteiger partial charge is 0.353 e. The van der Waals surface area contributed by atoms with E-state index in [4.69, 9.17) is 0 Å². The van der Waals surface area contributed by atoms with Crippen LogP contribution in [0.4, 0.5) is 18.9 Å². The van der Waals surface area contributed by atoms with E-state index in [0.29, 0.717) is 28.5 Å². The lowest BCUT2D eigenvalue weighted by atomic mass is 9.79. The van der Waals surface area contributed by atoms with Gasteiger partial charge >= 0.3 is 5.97 Å². The number of carboxylic acid groups (broad SMARTS) is 1. The molecule has 3 aliphatic rings. The number of anilines is 1. The highest BCUT2D eigenvalue weighted by atomic mass is 32.2. The molecule has 9 nitrogen and oxygen atoms in total. The van der Waals surface area contributed by atoms with E-state index in [0.717, 1.165) is 6.07 Å². The molecule has 0 radical (unpaired) electrons. The van der Waals surface area contributed by atoms with Crippen molar-refractivity contribution in [1.29, 1.82) is 0 Å². The number of nitrogens with one attached hydrogen (secondary N) is 1. The molecule has 2 saturated heterocycles. The zero-order valence-corrected chi connectivity index (χ0v) is 23.4. The van der Waals surface area contributed by atoms with Crippen molar-refractivity contribution in [3.8, 4) is 0 Å². The molecule has 3 aliphatic heterocycles. The number of carbonyl (C=O) groups excluding carboxylic acids is 3. The second-order valence-electron chi connectivity index (χ2n) is 10.8. The summed E-state index contributed by atoms with van der Waals surface area (Å²) < 4.78 is 42.1. The molecule has 0 unspecified atom stereocenters. The van der Waals surface area contributed by atoms with E-state index in [2.05, 4.69) is 5.32 Å². The molecule has 0 saturated carbocycles. The first-order chi connectivity index (χ1) is 19.9. The maximum absolute atomic E-state index is 14.6. The van der Waals surface area contributed by atoms with Crippen molar-refractivity contribution in [1.82, 2.24) is 9.80 Å². The molecule has 13 heteroatoms. The predicted octanol–water partition coefficient (Wildman–Crippen LogP) is 3.38. The van der Waals surface area contributed by atoms with E-state index in [1.165, 1.54) is 29.7 Å². The van der Waals surface area contributed by atoms with Gasteiger partial charge in [-0.15, -0.1) is 11.8 Å². The molecule has 0 spiro atoms. The number of thioether (sulfide) groups is 1. The number of aliphatic hydroxyl groups excluding tert-OH is 1. The molecule has 0 aliphatic carbocycles. The zero-order chi connectivity index (χ0) is 30.5. The van der Waals surface area contributed by atoms with Crippen LogP contribution >= 0.6 is 11.8 Å². The molecular weight excluding hydrogens is 575 g/mol. The number of benzene rings is 2. The minimum absolute atomic E-state index is 0.156. The topological polar surface area (TPSA) is 127 Å². The molecule has 2 amide bonds. The number of aliphatic carboxylic acids is 1. The number of β-lactam (4-membered cyclic amide) rings is 1. The molecule has 5 rings (SSSR count). The number of hydrogen-bond donors (Lipinski definition) is 3. The molecule has 0 aromatic heterocycles. The van der Waals surface area contributed by atoms with E-state index >= 15 is 0 Å². The fourth-order valence-corrected chi connectivity index (χ4v) is 7.63. The van der Waals surface area contributed by atoms with Gasteiger partial charge < -0.3 is 20.4 Å². The van der Waals surface area contributed by atoms with Crippen molar-refractivity contribution in [3.05, 3.63) is 75.6 Å². The second-order valence-corrected chi connectivity index (χ2v) is 12.1. The summed E-state index contributed by atoms with van der Waals surface area (Å²) in [7, 11) is 0. The Morgan fingerprint density at radius 2 is 1.88 bits per heavy atom. The van der Waals surface area contributed by atoms with Crippen LogP contribution in [0.15, 0.2) is 47.0 Å². The van der Waals surface area contributed by atoms with E-state index < -0.39 is 65.3 Å². The Kier molecular flexibility index (Phi) is 8.19. The number of likely N-dealkylation sites (tertiary alicyclic amines) is 1. The Hall–Kier alpha value is -3.68. The average molecular weight is 604 g/mol. The highest BCUT2D eigenvalue weighted by Gasteiger charge is 2.60. The van der Waals surface area contributed by atoms with Gasteiger partial charge in [0.25, 0.3) is 0 Å². The van der Waals surface area contributed by atoms with Gasteiger partial charge in [-0.05, 0) is 31.5 Å². The SMILES string of the molecule is C[C@@H](O)[C@H]1C(=O)N2C(C(=O)O)=C(S[C@H]3C[C@@H](C(=O)Nc4cccc(C=O)c4)N(Cc4cc(F)c(F)cc4F)C3)[C@H](C)[C@H]12. The lowest BCUT2D eigenvalue weighted by Gasteiger charge is -2.46. The third-order valence-corrected chi connectivity index (χ3v) is 9.52. The molecule has 3 N–H and O–H groups in total. The fraction of sp³-hybridized carbons (Fsp3) is 0.379. The molecule has 2 fully saturated rings. The van der Waals surface area contributed by atoms with Crippen molar-refractivity contribution in [2.75, 3.05) is 11.9 Å². The number of aldehydes is 1. The Balaban J connectivity index is 1.42. The largest absolute Gasteiger partial charge is 0.477 e. The van der Waals surface area contributed by atoms with Crippen LogP contribution in [-0.4, -0.2) is 74.1 Å². The predicted molar refractivity (Wildman–Crippen MR) is 147 cm³/mol. The molecule has 0 bridgehead atoms. The summed E-state index contributed by atoms with van der Waals surface area (Å²) in [5.74, 6) is -6.91. The summed E-state index contributed by atoms with van der Waals surface area (Å²) in [5, 5.41) is 22.4. The van der Waals surface area contributed by atoms with E-state index in [1.54, 1.807) is 30.0 Å².